The van der Waals surface area contributed by atoms with E-state index < -0.39 is 5.56 Å². The normalized spacial score (nSPS) is 12.4. The highest BCUT2D eigenvalue weighted by Crippen LogP contribution is 2.36. The van der Waals surface area contributed by atoms with Crippen LogP contribution in [0, 0.1) is 26.3 Å². The molecule has 2 aromatic carbocycles. The Kier molecular flexibility index (Phi) is 15.6. The van der Waals surface area contributed by atoms with E-state index >= 15 is 0 Å². The number of rotatable bonds is 9. The molecule has 71 heavy (non-hydrogen) atoms. The molecule has 0 radical (unpaired) electrons. The molecule has 0 aliphatic carbocycles. The number of fused-ring (bicyclic) bond motifs is 1. The summed E-state index contributed by atoms with van der Waals surface area (Å²) in [7, 11) is 0. The Balaban J connectivity index is 0.000000145. The highest BCUT2D eigenvalue weighted by molar-refractivity contribution is 6.33. The second-order valence-corrected chi connectivity index (χ2v) is 15.9. The predicted molar refractivity (Wildman–Crippen MR) is 276 cm³/mol. The first-order chi connectivity index (χ1) is 34.8. The maximum absolute atomic E-state index is 12.1. The molecule has 2 aliphatic heterocycles. The van der Waals surface area contributed by atoms with Gasteiger partial charge in [0.25, 0.3) is 23.3 Å². The first-order valence-electron chi connectivity index (χ1n) is 22.1. The fourth-order valence-corrected chi connectivity index (χ4v) is 7.86. The van der Waals surface area contributed by atoms with Gasteiger partial charge in [-0.25, -0.2) is 14.8 Å². The van der Waals surface area contributed by atoms with Crippen LogP contribution in [0.2, 0.25) is 5.15 Å². The van der Waals surface area contributed by atoms with Crippen molar-refractivity contribution in [2.45, 2.75) is 32.2 Å². The summed E-state index contributed by atoms with van der Waals surface area (Å²) in [5.41, 5.74) is 9.71. The summed E-state index contributed by atoms with van der Waals surface area (Å²) >= 11 is 5.94. The number of pyridine rings is 2. The van der Waals surface area contributed by atoms with Gasteiger partial charge in [0.2, 0.25) is 17.1 Å². The molecular formula is C53H39ClN16O. The zero-order valence-electron chi connectivity index (χ0n) is 37.8. The van der Waals surface area contributed by atoms with Gasteiger partial charge in [-0.3, -0.25) is 15.0 Å². The summed E-state index contributed by atoms with van der Waals surface area (Å²) in [6.45, 7) is 31.4. The van der Waals surface area contributed by atoms with Gasteiger partial charge in [0, 0.05) is 50.1 Å². The van der Waals surface area contributed by atoms with Gasteiger partial charge in [0.1, 0.15) is 11.0 Å². The van der Waals surface area contributed by atoms with Gasteiger partial charge < -0.3 is 29.6 Å². The minimum atomic E-state index is -0.454. The fraction of sp³-hybridized carbons (Fsp3) is 0.132. The van der Waals surface area contributed by atoms with Crippen molar-refractivity contribution in [2.75, 3.05) is 23.3 Å². The lowest BCUT2D eigenvalue weighted by atomic mass is 9.90. The number of benzene rings is 2. The number of nitrogens with zero attached hydrogens (tertiary/aromatic N) is 14. The average molecular weight is 951 g/mol. The second-order valence-electron chi connectivity index (χ2n) is 15.5. The summed E-state index contributed by atoms with van der Waals surface area (Å²) in [4.78, 5) is 59.3. The zero-order valence-corrected chi connectivity index (χ0v) is 38.5. The van der Waals surface area contributed by atoms with Crippen molar-refractivity contribution in [3.05, 3.63) is 216 Å². The van der Waals surface area contributed by atoms with Gasteiger partial charge >= 0.3 is 5.56 Å². The van der Waals surface area contributed by atoms with Crippen molar-refractivity contribution in [1.29, 1.82) is 0 Å². The van der Waals surface area contributed by atoms with E-state index in [4.69, 9.17) is 37.9 Å². The lowest BCUT2D eigenvalue weighted by molar-refractivity contribution is 0.634. The minimum Gasteiger partial charge on any atom is -0.373 e. The summed E-state index contributed by atoms with van der Waals surface area (Å²) in [5, 5.41) is 11.4. The van der Waals surface area contributed by atoms with Gasteiger partial charge in [-0.2, -0.15) is 0 Å². The first kappa shape index (κ1) is 47.7. The molecule has 0 unspecified atom stereocenters. The van der Waals surface area contributed by atoms with Crippen LogP contribution in [0.1, 0.15) is 63.6 Å². The van der Waals surface area contributed by atoms with E-state index in [2.05, 4.69) is 91.8 Å². The molecule has 6 aromatic heterocycles. The second kappa shape index (κ2) is 23.3. The van der Waals surface area contributed by atoms with Crippen molar-refractivity contribution in [3.8, 4) is 0 Å². The number of aryl methyl sites for hydroxylation is 2. The third-order valence-corrected chi connectivity index (χ3v) is 11.1. The molecule has 0 spiro atoms. The highest BCUT2D eigenvalue weighted by atomic mass is 35.5. The van der Waals surface area contributed by atoms with Crippen molar-refractivity contribution in [2.24, 2.45) is 0 Å². The van der Waals surface area contributed by atoms with E-state index in [1.54, 1.807) is 55.2 Å². The molecule has 8 aromatic rings. The van der Waals surface area contributed by atoms with Crippen LogP contribution in [0.15, 0.2) is 108 Å². The number of hydrogen-bond donors (Lipinski definition) is 2. The molecular weight excluding hydrogens is 912 g/mol. The van der Waals surface area contributed by atoms with E-state index in [1.807, 2.05) is 72.8 Å². The molecule has 0 saturated carbocycles. The molecule has 2 aliphatic rings. The van der Waals surface area contributed by atoms with Crippen LogP contribution in [0.25, 0.3) is 66.9 Å². The summed E-state index contributed by atoms with van der Waals surface area (Å²) in [6.07, 6.45) is 21.6. The van der Waals surface area contributed by atoms with Crippen LogP contribution in [-0.4, -0.2) is 63.2 Å². The Labute approximate surface area is 413 Å². The topological polar surface area (TPSA) is 182 Å². The molecule has 0 bridgehead atoms. The molecule has 18 heteroatoms. The number of halogens is 1. The summed E-state index contributed by atoms with van der Waals surface area (Å²) in [6, 6.07) is 25.5. The Morgan fingerprint density at radius 1 is 0.620 bits per heavy atom. The third-order valence-electron chi connectivity index (χ3n) is 10.9. The average Bonchev–Trinajstić information content (AvgIpc) is 3.42. The van der Waals surface area contributed by atoms with Crippen molar-refractivity contribution in [1.82, 2.24) is 50.1 Å². The maximum atomic E-state index is 12.1. The van der Waals surface area contributed by atoms with Crippen LogP contribution in [0.5, 0.6) is 0 Å². The molecule has 0 amide bonds. The van der Waals surface area contributed by atoms with Crippen molar-refractivity contribution >= 4 is 93.9 Å². The van der Waals surface area contributed by atoms with E-state index in [0.29, 0.717) is 34.8 Å². The van der Waals surface area contributed by atoms with Crippen LogP contribution in [-0.2, 0) is 19.4 Å². The number of aromatic nitrogens is 10. The number of hydrogen-bond acceptors (Lipinski definition) is 12. The number of H-pyrrole nitrogens is 1. The molecule has 344 valence electrons. The summed E-state index contributed by atoms with van der Waals surface area (Å²) < 4.78 is 0. The van der Waals surface area contributed by atoms with E-state index in [-0.39, 0.29) is 34.1 Å². The quantitative estimate of drug-likeness (QED) is 0.131. The molecule has 0 saturated heterocycles. The molecule has 2 N–H and O–H groups in total. The summed E-state index contributed by atoms with van der Waals surface area (Å²) in [5.74, 6) is 0.360. The van der Waals surface area contributed by atoms with Crippen LogP contribution in [0.4, 0.5) is 34.8 Å². The number of aromatic amines is 1. The highest BCUT2D eigenvalue weighted by Gasteiger charge is 2.24. The smallest absolute Gasteiger partial charge is 0.365 e. The minimum absolute atomic E-state index is 0.0179. The van der Waals surface area contributed by atoms with Crippen molar-refractivity contribution < 1.29 is 0 Å². The standard InChI is InChI=1S/C20H12N6.C20H17N5O.C13H10ClN5/c1-21-19-20(22-2)26-18(12-10-16-8-4-6-14-24-16)17(25-19)11-9-15-7-3-5-13-23-15;1-21-18-19(22-2)24-20(26)16(23-18)8-7-13-11-14-5-3-9-25-10-4-6-15(12-13)17(14)25;14-12-10-11(16-7-6-15-10)13(19-18-12)17-8-9-4-2-1-3-5-9/h3-14H;7-8,11-12H,3-6,9-10H2,(H,24,26);1-7H,8H2,(H,17,19)/b11-9+,12-10+;8-7+;. The van der Waals surface area contributed by atoms with Crippen molar-refractivity contribution in [3.63, 3.8) is 0 Å². The lowest BCUT2D eigenvalue weighted by Crippen LogP contribution is -2.34. The molecule has 17 nitrogen and oxygen atoms in total. The first-order valence-corrected chi connectivity index (χ1v) is 22.5. The monoisotopic (exact) mass is 950 g/mol. The molecule has 0 atom stereocenters. The van der Waals surface area contributed by atoms with Gasteiger partial charge in [-0.1, -0.05) is 86.4 Å². The lowest BCUT2D eigenvalue weighted by Gasteiger charge is -2.37. The van der Waals surface area contributed by atoms with Crippen LogP contribution >= 0.6 is 11.6 Å². The Bertz CT molecular complexity index is 3420. The van der Waals surface area contributed by atoms with Crippen LogP contribution < -0.4 is 15.8 Å². The zero-order chi connectivity index (χ0) is 49.4. The molecule has 10 rings (SSSR count). The number of nitrogens with one attached hydrogen (secondary N) is 2. The SMILES string of the molecule is Clc1nnc(NCc2ccccc2)c2nccnc12.[C-]#[N+]c1nc(/C=C/c2cc3c4c(c2)CCCN4CCC3)c(=O)[nH]c1[N+]#[C-].[C-]#[N+]c1nc(/C=C/c2ccccn2)c(/C=C/c2ccccn2)nc1[N+]#[C-]. The van der Waals surface area contributed by atoms with Gasteiger partial charge in [0.15, 0.2) is 11.0 Å². The largest absolute Gasteiger partial charge is 0.373 e. The Morgan fingerprint density at radius 2 is 1.18 bits per heavy atom. The van der Waals surface area contributed by atoms with Gasteiger partial charge in [0.05, 0.1) is 11.4 Å². The number of anilines is 2. The van der Waals surface area contributed by atoms with E-state index in [9.17, 15) is 4.79 Å². The van der Waals surface area contributed by atoms with Gasteiger partial charge in [-0.05, 0) is 115 Å². The van der Waals surface area contributed by atoms with Gasteiger partial charge in [-0.15, -0.1) is 25.1 Å². The van der Waals surface area contributed by atoms with Crippen LogP contribution in [0.3, 0.4) is 0 Å². The fourth-order valence-electron chi connectivity index (χ4n) is 7.68. The Hall–Kier alpha value is -9.81. The van der Waals surface area contributed by atoms with E-state index in [1.165, 1.54) is 29.7 Å². The maximum Gasteiger partial charge on any atom is 0.365 e. The molecule has 8 heterocycles. The Morgan fingerprint density at radius 3 is 1.75 bits per heavy atom. The predicted octanol–water partition coefficient (Wildman–Crippen LogP) is 11.1. The third kappa shape index (κ3) is 12.0. The van der Waals surface area contributed by atoms with E-state index in [0.717, 1.165) is 48.4 Å². The molecule has 0 fully saturated rings.